The monoisotopic (exact) mass is 389 g/mol. The lowest BCUT2D eigenvalue weighted by molar-refractivity contribution is 0.262. The first kappa shape index (κ1) is 19.5. The lowest BCUT2D eigenvalue weighted by atomic mass is 10.2. The van der Waals surface area contributed by atoms with Crippen molar-refractivity contribution < 1.29 is 12.8 Å². The van der Waals surface area contributed by atoms with Gasteiger partial charge in [0.25, 0.3) is 0 Å². The highest BCUT2D eigenvalue weighted by Gasteiger charge is 2.17. The zero-order chi connectivity index (χ0) is 19.1. The van der Waals surface area contributed by atoms with Crippen molar-refractivity contribution in [2.24, 2.45) is 0 Å². The van der Waals surface area contributed by atoms with Gasteiger partial charge in [0.15, 0.2) is 0 Å². The Kier molecular flexibility index (Phi) is 6.60. The molecule has 0 spiro atoms. The maximum atomic E-state index is 13.0. The Morgan fingerprint density at radius 2 is 1.63 bits per heavy atom. The number of nitrogens with zero attached hydrogens (tertiary/aromatic N) is 2. The molecular formula is C20H24FN3O2S. The van der Waals surface area contributed by atoms with Crippen LogP contribution in [0.2, 0.25) is 0 Å². The summed E-state index contributed by atoms with van der Waals surface area (Å²) in [7, 11) is -3.44. The van der Waals surface area contributed by atoms with Crippen LogP contribution in [0.3, 0.4) is 0 Å². The predicted molar refractivity (Wildman–Crippen MR) is 107 cm³/mol. The largest absolute Gasteiger partial charge is 0.369 e. The van der Waals surface area contributed by atoms with E-state index in [-0.39, 0.29) is 5.82 Å². The number of hydrogen-bond donors (Lipinski definition) is 1. The molecule has 0 atom stereocenters. The van der Waals surface area contributed by atoms with E-state index < -0.39 is 10.0 Å². The zero-order valence-corrected chi connectivity index (χ0v) is 15.9. The standard InChI is InChI=1S/C20H24FN3O2S/c21-19-6-8-20(9-7-19)24-15-13-23(14-16-24)12-11-22-27(25,26)17-10-18-4-2-1-3-5-18/h1-10,17,22H,11-16H2/b17-10+. The van der Waals surface area contributed by atoms with Crippen molar-refractivity contribution in [1.29, 1.82) is 0 Å². The van der Waals surface area contributed by atoms with Gasteiger partial charge in [-0.2, -0.15) is 0 Å². The minimum Gasteiger partial charge on any atom is -0.369 e. The molecule has 5 nitrogen and oxygen atoms in total. The van der Waals surface area contributed by atoms with Gasteiger partial charge in [-0.15, -0.1) is 0 Å². The van der Waals surface area contributed by atoms with E-state index in [1.54, 1.807) is 18.2 Å². The fraction of sp³-hybridized carbons (Fsp3) is 0.300. The molecule has 0 bridgehead atoms. The first-order valence-electron chi connectivity index (χ1n) is 8.97. The molecule has 1 saturated heterocycles. The Labute approximate surface area is 160 Å². The van der Waals surface area contributed by atoms with E-state index in [0.29, 0.717) is 13.1 Å². The van der Waals surface area contributed by atoms with Crippen molar-refractivity contribution in [1.82, 2.24) is 9.62 Å². The summed E-state index contributed by atoms with van der Waals surface area (Å²) in [6, 6.07) is 15.9. The van der Waals surface area contributed by atoms with Gasteiger partial charge in [0.1, 0.15) is 5.82 Å². The summed E-state index contributed by atoms with van der Waals surface area (Å²) in [6.07, 6.45) is 1.59. The van der Waals surface area contributed by atoms with Crippen molar-refractivity contribution >= 4 is 21.8 Å². The number of nitrogens with one attached hydrogen (secondary N) is 1. The quantitative estimate of drug-likeness (QED) is 0.791. The fourth-order valence-electron chi connectivity index (χ4n) is 3.01. The number of halogens is 1. The summed E-state index contributed by atoms with van der Waals surface area (Å²) in [6.45, 7) is 4.41. The summed E-state index contributed by atoms with van der Waals surface area (Å²) in [5.41, 5.74) is 1.86. The normalized spacial score (nSPS) is 16.1. The molecule has 3 rings (SSSR count). The Morgan fingerprint density at radius 3 is 2.30 bits per heavy atom. The van der Waals surface area contributed by atoms with Crippen LogP contribution in [0.5, 0.6) is 0 Å². The molecule has 1 aliphatic rings. The van der Waals surface area contributed by atoms with Crippen molar-refractivity contribution in [3.05, 3.63) is 71.4 Å². The number of piperazine rings is 1. The van der Waals surface area contributed by atoms with Crippen LogP contribution in [0.25, 0.3) is 6.08 Å². The first-order chi connectivity index (χ1) is 13.0. The third-order valence-corrected chi connectivity index (χ3v) is 5.64. The van der Waals surface area contributed by atoms with E-state index in [1.165, 1.54) is 17.5 Å². The zero-order valence-electron chi connectivity index (χ0n) is 15.1. The highest BCUT2D eigenvalue weighted by molar-refractivity contribution is 7.92. The van der Waals surface area contributed by atoms with Gasteiger partial charge in [-0.3, -0.25) is 4.90 Å². The third kappa shape index (κ3) is 6.16. The Hall–Kier alpha value is -2.22. The molecule has 0 aliphatic carbocycles. The lowest BCUT2D eigenvalue weighted by Crippen LogP contribution is -2.48. The Morgan fingerprint density at radius 1 is 0.963 bits per heavy atom. The molecule has 2 aromatic rings. The topological polar surface area (TPSA) is 52.7 Å². The molecule has 0 aromatic heterocycles. The van der Waals surface area contributed by atoms with Crippen molar-refractivity contribution in [3.8, 4) is 0 Å². The van der Waals surface area contributed by atoms with E-state index >= 15 is 0 Å². The molecule has 144 valence electrons. The van der Waals surface area contributed by atoms with Crippen LogP contribution in [0.15, 0.2) is 60.0 Å². The van der Waals surface area contributed by atoms with Crippen LogP contribution in [0.4, 0.5) is 10.1 Å². The van der Waals surface area contributed by atoms with Gasteiger partial charge >= 0.3 is 0 Å². The van der Waals surface area contributed by atoms with Gasteiger partial charge in [-0.25, -0.2) is 17.5 Å². The average molecular weight is 389 g/mol. The fourth-order valence-corrected chi connectivity index (χ4v) is 3.82. The minimum atomic E-state index is -3.44. The summed E-state index contributed by atoms with van der Waals surface area (Å²) in [5, 5.41) is 1.20. The van der Waals surface area contributed by atoms with Crippen LogP contribution in [0, 0.1) is 5.82 Å². The molecular weight excluding hydrogens is 365 g/mol. The van der Waals surface area contributed by atoms with E-state index in [0.717, 1.165) is 37.4 Å². The highest BCUT2D eigenvalue weighted by atomic mass is 32.2. The van der Waals surface area contributed by atoms with Gasteiger partial charge < -0.3 is 4.90 Å². The van der Waals surface area contributed by atoms with Crippen LogP contribution >= 0.6 is 0 Å². The second kappa shape index (κ2) is 9.12. The van der Waals surface area contributed by atoms with Crippen molar-refractivity contribution in [2.75, 3.05) is 44.2 Å². The molecule has 1 aliphatic heterocycles. The van der Waals surface area contributed by atoms with Gasteiger partial charge in [0, 0.05) is 50.4 Å². The predicted octanol–water partition coefficient (Wildman–Crippen LogP) is 2.54. The average Bonchev–Trinajstić information content (AvgIpc) is 2.68. The number of sulfonamides is 1. The number of hydrogen-bond acceptors (Lipinski definition) is 4. The van der Waals surface area contributed by atoms with Gasteiger partial charge in [-0.1, -0.05) is 30.3 Å². The SMILES string of the molecule is O=S(=O)(/C=C/c1ccccc1)NCCN1CCN(c2ccc(F)cc2)CC1. The van der Waals surface area contributed by atoms with Gasteiger partial charge in [-0.05, 0) is 35.9 Å². The van der Waals surface area contributed by atoms with Crippen LogP contribution < -0.4 is 9.62 Å². The van der Waals surface area contributed by atoms with Crippen LogP contribution in [-0.2, 0) is 10.0 Å². The smallest absolute Gasteiger partial charge is 0.233 e. The van der Waals surface area contributed by atoms with Crippen LogP contribution in [-0.4, -0.2) is 52.6 Å². The summed E-state index contributed by atoms with van der Waals surface area (Å²) < 4.78 is 39.7. The maximum absolute atomic E-state index is 13.0. The molecule has 1 heterocycles. The minimum absolute atomic E-state index is 0.231. The van der Waals surface area contributed by atoms with E-state index in [4.69, 9.17) is 0 Å². The van der Waals surface area contributed by atoms with E-state index in [9.17, 15) is 12.8 Å². The molecule has 0 unspecified atom stereocenters. The number of anilines is 1. The highest BCUT2D eigenvalue weighted by Crippen LogP contribution is 2.16. The summed E-state index contributed by atoms with van der Waals surface area (Å²) in [4.78, 5) is 4.44. The van der Waals surface area contributed by atoms with E-state index in [1.807, 2.05) is 30.3 Å². The molecule has 0 saturated carbocycles. The molecule has 7 heteroatoms. The maximum Gasteiger partial charge on any atom is 0.233 e. The number of benzene rings is 2. The van der Waals surface area contributed by atoms with Crippen molar-refractivity contribution in [3.63, 3.8) is 0 Å². The Bertz CT molecular complexity index is 847. The van der Waals surface area contributed by atoms with Gasteiger partial charge in [0.05, 0.1) is 0 Å². The van der Waals surface area contributed by atoms with E-state index in [2.05, 4.69) is 14.5 Å². The second-order valence-corrected chi connectivity index (χ2v) is 8.11. The lowest BCUT2D eigenvalue weighted by Gasteiger charge is -2.36. The molecule has 1 fully saturated rings. The molecule has 0 radical (unpaired) electrons. The molecule has 27 heavy (non-hydrogen) atoms. The summed E-state index contributed by atoms with van der Waals surface area (Å²) >= 11 is 0. The first-order valence-corrected chi connectivity index (χ1v) is 10.5. The molecule has 0 amide bonds. The second-order valence-electron chi connectivity index (χ2n) is 6.46. The Balaban J connectivity index is 1.41. The molecule has 1 N–H and O–H groups in total. The van der Waals surface area contributed by atoms with Crippen molar-refractivity contribution in [2.45, 2.75) is 0 Å². The van der Waals surface area contributed by atoms with Crippen LogP contribution in [0.1, 0.15) is 5.56 Å². The third-order valence-electron chi connectivity index (χ3n) is 4.53. The number of rotatable bonds is 7. The summed E-state index contributed by atoms with van der Waals surface area (Å²) in [5.74, 6) is -0.231. The molecule has 2 aromatic carbocycles. The van der Waals surface area contributed by atoms with Gasteiger partial charge in [0.2, 0.25) is 10.0 Å².